The second-order valence-corrected chi connectivity index (χ2v) is 8.42. The van der Waals surface area contributed by atoms with Crippen molar-refractivity contribution in [2.24, 2.45) is 0 Å². The van der Waals surface area contributed by atoms with Gasteiger partial charge in [0, 0.05) is 36.3 Å². The molecule has 0 bridgehead atoms. The highest BCUT2D eigenvalue weighted by molar-refractivity contribution is 6.29. The number of para-hydroxylation sites is 1. The molecule has 0 radical (unpaired) electrons. The van der Waals surface area contributed by atoms with Gasteiger partial charge in [0.15, 0.2) is 0 Å². The molecule has 3 rings (SSSR count). The number of carboxylic acid groups (broad SMARTS) is 1. The topological polar surface area (TPSA) is 93.5 Å². The van der Waals surface area contributed by atoms with Gasteiger partial charge in [0.1, 0.15) is 16.8 Å². The summed E-state index contributed by atoms with van der Waals surface area (Å²) < 4.78 is 7.23. The number of benzene rings is 1. The van der Waals surface area contributed by atoms with Crippen LogP contribution in [0.2, 0.25) is 5.15 Å². The van der Waals surface area contributed by atoms with E-state index in [1.807, 2.05) is 41.1 Å². The van der Waals surface area contributed by atoms with E-state index in [1.165, 1.54) is 0 Å². The van der Waals surface area contributed by atoms with Crippen molar-refractivity contribution in [2.75, 3.05) is 0 Å². The lowest BCUT2D eigenvalue weighted by molar-refractivity contribution is -0.139. The SMILES string of the molecule is CC(C)(C)OC(=O)NC(Cc1cn(Cc2ccc(Cl)nc2)c2ccccc12)C(=O)O. The second-order valence-electron chi connectivity index (χ2n) is 8.03. The van der Waals surface area contributed by atoms with E-state index in [1.54, 1.807) is 33.0 Å². The van der Waals surface area contributed by atoms with Gasteiger partial charge in [0.25, 0.3) is 0 Å². The summed E-state index contributed by atoms with van der Waals surface area (Å²) in [4.78, 5) is 28.0. The first kappa shape index (κ1) is 21.6. The highest BCUT2D eigenvalue weighted by Crippen LogP contribution is 2.24. The average Bonchev–Trinajstić information content (AvgIpc) is 2.99. The normalized spacial score (nSPS) is 12.5. The van der Waals surface area contributed by atoms with Crippen molar-refractivity contribution in [3.63, 3.8) is 0 Å². The molecule has 158 valence electrons. The van der Waals surface area contributed by atoms with E-state index in [4.69, 9.17) is 16.3 Å². The van der Waals surface area contributed by atoms with Crippen LogP contribution in [-0.2, 0) is 22.5 Å². The molecule has 7 nitrogen and oxygen atoms in total. The van der Waals surface area contributed by atoms with Crippen molar-refractivity contribution in [1.82, 2.24) is 14.9 Å². The van der Waals surface area contributed by atoms with E-state index in [0.29, 0.717) is 11.7 Å². The van der Waals surface area contributed by atoms with Crippen LogP contribution < -0.4 is 5.32 Å². The smallest absolute Gasteiger partial charge is 0.408 e. The van der Waals surface area contributed by atoms with Crippen LogP contribution in [0.15, 0.2) is 48.8 Å². The number of amides is 1. The summed E-state index contributed by atoms with van der Waals surface area (Å²) >= 11 is 5.86. The third-order valence-electron chi connectivity index (χ3n) is 4.43. The van der Waals surface area contributed by atoms with Crippen LogP contribution >= 0.6 is 11.6 Å². The second kappa shape index (κ2) is 8.75. The van der Waals surface area contributed by atoms with Gasteiger partial charge in [-0.1, -0.05) is 35.9 Å². The van der Waals surface area contributed by atoms with Gasteiger partial charge in [-0.25, -0.2) is 14.6 Å². The molecule has 2 heterocycles. The molecular formula is C22H24ClN3O4. The average molecular weight is 430 g/mol. The number of aromatic nitrogens is 2. The molecule has 8 heteroatoms. The fourth-order valence-corrected chi connectivity index (χ4v) is 3.29. The predicted octanol–water partition coefficient (Wildman–Crippen LogP) is 4.26. The molecule has 1 aromatic carbocycles. The fraction of sp³-hybridized carbons (Fsp3) is 0.318. The maximum Gasteiger partial charge on any atom is 0.408 e. The van der Waals surface area contributed by atoms with E-state index < -0.39 is 23.7 Å². The molecule has 30 heavy (non-hydrogen) atoms. The van der Waals surface area contributed by atoms with Gasteiger partial charge in [-0.3, -0.25) is 0 Å². The third kappa shape index (κ3) is 5.51. The molecule has 1 atom stereocenters. The number of aliphatic carboxylic acids is 1. The Morgan fingerprint density at radius 1 is 1.23 bits per heavy atom. The standard InChI is InChI=1S/C22H24ClN3O4/c1-22(2,3)30-21(29)25-17(20(27)28)10-15-13-26(18-7-5-4-6-16(15)18)12-14-8-9-19(23)24-11-14/h4-9,11,13,17H,10,12H2,1-3H3,(H,25,29)(H,27,28). The molecular weight excluding hydrogens is 406 g/mol. The number of carbonyl (C=O) groups excluding carboxylic acids is 1. The lowest BCUT2D eigenvalue weighted by atomic mass is 10.1. The van der Waals surface area contributed by atoms with Crippen molar-refractivity contribution in [2.45, 2.75) is 45.4 Å². The molecule has 2 N–H and O–H groups in total. The summed E-state index contributed by atoms with van der Waals surface area (Å²) in [7, 11) is 0. The van der Waals surface area contributed by atoms with E-state index in [-0.39, 0.29) is 6.42 Å². The van der Waals surface area contributed by atoms with Crippen LogP contribution in [0, 0.1) is 0 Å². The first-order valence-corrected chi connectivity index (χ1v) is 9.89. The van der Waals surface area contributed by atoms with E-state index >= 15 is 0 Å². The third-order valence-corrected chi connectivity index (χ3v) is 4.65. The monoisotopic (exact) mass is 429 g/mol. The molecule has 1 amide bonds. The zero-order chi connectivity index (χ0) is 21.9. The summed E-state index contributed by atoms with van der Waals surface area (Å²) in [6, 6.07) is 10.2. The highest BCUT2D eigenvalue weighted by Gasteiger charge is 2.25. The minimum absolute atomic E-state index is 0.126. The number of nitrogens with one attached hydrogen (secondary N) is 1. The zero-order valence-electron chi connectivity index (χ0n) is 17.1. The minimum Gasteiger partial charge on any atom is -0.480 e. The van der Waals surface area contributed by atoms with Gasteiger partial charge in [-0.2, -0.15) is 0 Å². The Hall–Kier alpha value is -3.06. The van der Waals surface area contributed by atoms with Gasteiger partial charge in [-0.05, 0) is 44.0 Å². The van der Waals surface area contributed by atoms with Crippen molar-refractivity contribution in [3.8, 4) is 0 Å². The van der Waals surface area contributed by atoms with Crippen LogP contribution in [0.4, 0.5) is 4.79 Å². The Balaban J connectivity index is 1.86. The van der Waals surface area contributed by atoms with Gasteiger partial charge in [-0.15, -0.1) is 0 Å². The molecule has 0 aliphatic rings. The summed E-state index contributed by atoms with van der Waals surface area (Å²) in [6.07, 6.45) is 2.99. The van der Waals surface area contributed by atoms with Crippen LogP contribution in [0.5, 0.6) is 0 Å². The number of rotatable bonds is 6. The fourth-order valence-electron chi connectivity index (χ4n) is 3.18. The number of halogens is 1. The Kier molecular flexibility index (Phi) is 6.31. The summed E-state index contributed by atoms with van der Waals surface area (Å²) in [5.74, 6) is -1.13. The molecule has 0 saturated carbocycles. The molecule has 0 fully saturated rings. The first-order valence-electron chi connectivity index (χ1n) is 9.52. The number of fused-ring (bicyclic) bond motifs is 1. The van der Waals surface area contributed by atoms with Crippen LogP contribution in [0.1, 0.15) is 31.9 Å². The number of carboxylic acids is 1. The number of hydrogen-bond donors (Lipinski definition) is 2. The van der Waals surface area contributed by atoms with Crippen molar-refractivity contribution in [3.05, 3.63) is 65.1 Å². The Labute approximate surface area is 179 Å². The Morgan fingerprint density at radius 2 is 1.97 bits per heavy atom. The van der Waals surface area contributed by atoms with E-state index in [0.717, 1.165) is 22.0 Å². The largest absolute Gasteiger partial charge is 0.480 e. The van der Waals surface area contributed by atoms with Crippen molar-refractivity contribution in [1.29, 1.82) is 0 Å². The molecule has 0 spiro atoms. The maximum absolute atomic E-state index is 12.1. The summed E-state index contributed by atoms with van der Waals surface area (Å²) in [5.41, 5.74) is 2.03. The zero-order valence-corrected chi connectivity index (χ0v) is 17.8. The van der Waals surface area contributed by atoms with Crippen LogP contribution in [0.3, 0.4) is 0 Å². The lowest BCUT2D eigenvalue weighted by Crippen LogP contribution is -2.44. The molecule has 0 saturated heterocycles. The van der Waals surface area contributed by atoms with E-state index in [9.17, 15) is 14.7 Å². The minimum atomic E-state index is -1.13. The van der Waals surface area contributed by atoms with Crippen LogP contribution in [0.25, 0.3) is 10.9 Å². The Bertz CT molecular complexity index is 1050. The van der Waals surface area contributed by atoms with Gasteiger partial charge in [0.2, 0.25) is 0 Å². The molecule has 3 aromatic rings. The van der Waals surface area contributed by atoms with Gasteiger partial charge < -0.3 is 19.7 Å². The number of alkyl carbamates (subject to hydrolysis) is 1. The number of ether oxygens (including phenoxy) is 1. The number of pyridine rings is 1. The summed E-state index contributed by atoms with van der Waals surface area (Å²) in [6.45, 7) is 5.73. The van der Waals surface area contributed by atoms with Gasteiger partial charge in [0.05, 0.1) is 0 Å². The molecule has 0 aliphatic heterocycles. The van der Waals surface area contributed by atoms with Crippen molar-refractivity contribution >= 4 is 34.6 Å². The number of carbonyl (C=O) groups is 2. The maximum atomic E-state index is 12.1. The number of hydrogen-bond acceptors (Lipinski definition) is 4. The highest BCUT2D eigenvalue weighted by atomic mass is 35.5. The van der Waals surface area contributed by atoms with Crippen LogP contribution in [-0.4, -0.2) is 38.4 Å². The number of nitrogens with zero attached hydrogens (tertiary/aromatic N) is 2. The van der Waals surface area contributed by atoms with Crippen molar-refractivity contribution < 1.29 is 19.4 Å². The quantitative estimate of drug-likeness (QED) is 0.571. The molecule has 0 aliphatic carbocycles. The molecule has 1 unspecified atom stereocenters. The Morgan fingerprint density at radius 3 is 2.60 bits per heavy atom. The first-order chi connectivity index (χ1) is 14.1. The van der Waals surface area contributed by atoms with E-state index in [2.05, 4.69) is 10.3 Å². The predicted molar refractivity (Wildman–Crippen MR) is 115 cm³/mol. The summed E-state index contributed by atoms with van der Waals surface area (Å²) in [5, 5.41) is 13.4. The molecule has 2 aromatic heterocycles. The lowest BCUT2D eigenvalue weighted by Gasteiger charge is -2.22. The van der Waals surface area contributed by atoms with Gasteiger partial charge >= 0.3 is 12.1 Å².